The molecule has 0 aliphatic carbocycles. The first-order chi connectivity index (χ1) is 9.37. The third-order valence-electron chi connectivity index (χ3n) is 3.40. The normalized spacial score (nSPS) is 14.9. The Morgan fingerprint density at radius 2 is 2.05 bits per heavy atom. The van der Waals surface area contributed by atoms with Crippen molar-refractivity contribution in [3.8, 4) is 5.75 Å². The van der Waals surface area contributed by atoms with Crippen molar-refractivity contribution < 1.29 is 4.74 Å². The molecular weight excluding hydrogens is 248 g/mol. The van der Waals surface area contributed by atoms with Crippen LogP contribution in [0.4, 0.5) is 0 Å². The lowest BCUT2D eigenvalue weighted by atomic mass is 9.82. The van der Waals surface area contributed by atoms with Crippen LogP contribution in [-0.4, -0.2) is 18.6 Å². The van der Waals surface area contributed by atoms with Gasteiger partial charge in [-0.3, -0.25) is 4.98 Å². The Hall–Kier alpha value is -1.09. The molecule has 0 aliphatic rings. The second-order valence-electron chi connectivity index (χ2n) is 6.81. The van der Waals surface area contributed by atoms with Crippen LogP contribution in [0.2, 0.25) is 0 Å². The lowest BCUT2D eigenvalue weighted by molar-refractivity contribution is 0.273. The molecule has 2 atom stereocenters. The molecule has 0 aliphatic heterocycles. The summed E-state index contributed by atoms with van der Waals surface area (Å²) in [4.78, 5) is 4.53. The molecule has 1 N–H and O–H groups in total. The second kappa shape index (κ2) is 7.63. The molecule has 3 nitrogen and oxygen atoms in total. The fourth-order valence-corrected chi connectivity index (χ4v) is 2.91. The Morgan fingerprint density at radius 3 is 2.60 bits per heavy atom. The Kier molecular flexibility index (Phi) is 6.47. The van der Waals surface area contributed by atoms with Crippen molar-refractivity contribution in [2.75, 3.05) is 13.7 Å². The molecule has 0 saturated heterocycles. The molecule has 0 saturated carbocycles. The highest BCUT2D eigenvalue weighted by Gasteiger charge is 2.22. The van der Waals surface area contributed by atoms with Gasteiger partial charge in [-0.2, -0.15) is 0 Å². The monoisotopic (exact) mass is 278 g/mol. The molecule has 0 aromatic carbocycles. The molecule has 0 radical (unpaired) electrons. The van der Waals surface area contributed by atoms with Crippen molar-refractivity contribution >= 4 is 0 Å². The lowest BCUT2D eigenvalue weighted by Gasteiger charge is -2.27. The molecule has 1 heterocycles. The van der Waals surface area contributed by atoms with Crippen LogP contribution in [0.25, 0.3) is 0 Å². The van der Waals surface area contributed by atoms with Crippen molar-refractivity contribution in [1.82, 2.24) is 10.3 Å². The maximum absolute atomic E-state index is 5.45. The smallest absolute Gasteiger partial charge is 0.141 e. The number of ether oxygens (including phenoxy) is 1. The number of nitrogens with one attached hydrogen (secondary N) is 1. The van der Waals surface area contributed by atoms with E-state index in [9.17, 15) is 0 Å². The van der Waals surface area contributed by atoms with Gasteiger partial charge >= 0.3 is 0 Å². The van der Waals surface area contributed by atoms with E-state index in [1.54, 1.807) is 7.11 Å². The van der Waals surface area contributed by atoms with Gasteiger partial charge < -0.3 is 10.1 Å². The van der Waals surface area contributed by atoms with Crippen LogP contribution in [0.1, 0.15) is 59.2 Å². The summed E-state index contributed by atoms with van der Waals surface area (Å²) < 4.78 is 5.45. The van der Waals surface area contributed by atoms with Crippen molar-refractivity contribution in [2.24, 2.45) is 11.3 Å². The zero-order valence-corrected chi connectivity index (χ0v) is 13.9. The molecule has 1 rings (SSSR count). The average Bonchev–Trinajstić information content (AvgIpc) is 2.36. The maximum atomic E-state index is 5.45. The summed E-state index contributed by atoms with van der Waals surface area (Å²) in [5, 5.41) is 3.55. The number of nitrogens with zero attached hydrogens (tertiary/aromatic N) is 1. The fraction of sp³-hybridized carbons (Fsp3) is 0.706. The van der Waals surface area contributed by atoms with E-state index < -0.39 is 0 Å². The molecule has 0 bridgehead atoms. The largest absolute Gasteiger partial charge is 0.495 e. The van der Waals surface area contributed by atoms with Crippen LogP contribution >= 0.6 is 0 Å². The van der Waals surface area contributed by atoms with Crippen LogP contribution < -0.4 is 10.1 Å². The van der Waals surface area contributed by atoms with Gasteiger partial charge in [-0.1, -0.05) is 34.6 Å². The van der Waals surface area contributed by atoms with E-state index in [1.807, 2.05) is 18.3 Å². The maximum Gasteiger partial charge on any atom is 0.141 e. The molecule has 3 heteroatoms. The summed E-state index contributed by atoms with van der Waals surface area (Å²) in [6.45, 7) is 12.3. The van der Waals surface area contributed by atoms with E-state index in [1.165, 1.54) is 6.42 Å². The third kappa shape index (κ3) is 5.49. The Morgan fingerprint density at radius 1 is 1.35 bits per heavy atom. The van der Waals surface area contributed by atoms with Gasteiger partial charge in [-0.05, 0) is 42.9 Å². The van der Waals surface area contributed by atoms with Crippen LogP contribution in [0.15, 0.2) is 18.3 Å². The molecule has 1 aromatic rings. The SMILES string of the molecule is CCNC(CC(C)CC(C)(C)C)c1ncccc1OC. The van der Waals surface area contributed by atoms with E-state index in [4.69, 9.17) is 4.74 Å². The predicted octanol–water partition coefficient (Wildman–Crippen LogP) is 4.20. The Labute approximate surface area is 124 Å². The summed E-state index contributed by atoms with van der Waals surface area (Å²) in [5.41, 5.74) is 1.39. The first-order valence-electron chi connectivity index (χ1n) is 7.59. The van der Waals surface area contributed by atoms with Gasteiger partial charge in [0.05, 0.1) is 18.8 Å². The number of pyridine rings is 1. The summed E-state index contributed by atoms with van der Waals surface area (Å²) in [6.07, 6.45) is 4.14. The third-order valence-corrected chi connectivity index (χ3v) is 3.40. The van der Waals surface area contributed by atoms with Crippen LogP contribution in [0.5, 0.6) is 5.75 Å². The summed E-state index contributed by atoms with van der Waals surface area (Å²) >= 11 is 0. The predicted molar refractivity (Wildman–Crippen MR) is 85.1 cm³/mol. The van der Waals surface area contributed by atoms with Gasteiger partial charge in [0.1, 0.15) is 5.75 Å². The first-order valence-corrected chi connectivity index (χ1v) is 7.59. The van der Waals surface area contributed by atoms with Gasteiger partial charge in [0.25, 0.3) is 0 Å². The van der Waals surface area contributed by atoms with E-state index in [-0.39, 0.29) is 6.04 Å². The average molecular weight is 278 g/mol. The summed E-state index contributed by atoms with van der Waals surface area (Å²) in [7, 11) is 1.71. The molecule has 20 heavy (non-hydrogen) atoms. The van der Waals surface area contributed by atoms with E-state index in [0.717, 1.165) is 24.4 Å². The van der Waals surface area contributed by atoms with Crippen LogP contribution in [-0.2, 0) is 0 Å². The van der Waals surface area contributed by atoms with Crippen molar-refractivity contribution in [1.29, 1.82) is 0 Å². The molecular formula is C17H30N2O. The fourth-order valence-electron chi connectivity index (χ4n) is 2.91. The van der Waals surface area contributed by atoms with Crippen molar-refractivity contribution in [3.63, 3.8) is 0 Å². The highest BCUT2D eigenvalue weighted by Crippen LogP contribution is 2.32. The van der Waals surface area contributed by atoms with Gasteiger partial charge in [0.15, 0.2) is 0 Å². The quantitative estimate of drug-likeness (QED) is 0.811. The molecule has 0 spiro atoms. The van der Waals surface area contributed by atoms with Gasteiger partial charge in [0, 0.05) is 6.20 Å². The molecule has 1 aromatic heterocycles. The topological polar surface area (TPSA) is 34.2 Å². The lowest BCUT2D eigenvalue weighted by Crippen LogP contribution is -2.25. The minimum atomic E-state index is 0.258. The van der Waals surface area contributed by atoms with Crippen LogP contribution in [0, 0.1) is 11.3 Å². The molecule has 0 amide bonds. The number of methoxy groups -OCH3 is 1. The summed E-state index contributed by atoms with van der Waals surface area (Å²) in [6, 6.07) is 4.17. The molecule has 2 unspecified atom stereocenters. The highest BCUT2D eigenvalue weighted by atomic mass is 16.5. The highest BCUT2D eigenvalue weighted by molar-refractivity contribution is 5.29. The number of aromatic nitrogens is 1. The molecule has 114 valence electrons. The van der Waals surface area contributed by atoms with Crippen LogP contribution in [0.3, 0.4) is 0 Å². The molecule has 0 fully saturated rings. The summed E-state index contributed by atoms with van der Waals surface area (Å²) in [5.74, 6) is 1.52. The number of rotatable bonds is 7. The number of hydrogen-bond acceptors (Lipinski definition) is 3. The van der Waals surface area contributed by atoms with Gasteiger partial charge in [-0.25, -0.2) is 0 Å². The Balaban J connectivity index is 2.83. The van der Waals surface area contributed by atoms with Gasteiger partial charge in [-0.15, -0.1) is 0 Å². The number of hydrogen-bond donors (Lipinski definition) is 1. The zero-order valence-electron chi connectivity index (χ0n) is 13.9. The standard InChI is InChI=1S/C17H30N2O/c1-7-18-14(11-13(2)12-17(3,4)5)16-15(20-6)9-8-10-19-16/h8-10,13-14,18H,7,11-12H2,1-6H3. The van der Waals surface area contributed by atoms with Crippen molar-refractivity contribution in [3.05, 3.63) is 24.0 Å². The van der Waals surface area contributed by atoms with Gasteiger partial charge in [0.2, 0.25) is 0 Å². The van der Waals surface area contributed by atoms with Crippen molar-refractivity contribution in [2.45, 2.75) is 53.5 Å². The Bertz CT molecular complexity index is 398. The second-order valence-corrected chi connectivity index (χ2v) is 6.81. The van der Waals surface area contributed by atoms with E-state index in [2.05, 4.69) is 44.9 Å². The first kappa shape index (κ1) is 17.0. The van der Waals surface area contributed by atoms with E-state index >= 15 is 0 Å². The minimum Gasteiger partial charge on any atom is -0.495 e. The van der Waals surface area contributed by atoms with E-state index in [0.29, 0.717) is 11.3 Å². The zero-order chi connectivity index (χ0) is 15.2. The minimum absolute atomic E-state index is 0.258.